The van der Waals surface area contributed by atoms with Crippen molar-refractivity contribution in [3.63, 3.8) is 0 Å². The van der Waals surface area contributed by atoms with Crippen LogP contribution in [0.3, 0.4) is 0 Å². The Morgan fingerprint density at radius 1 is 1.15 bits per heavy atom. The van der Waals surface area contributed by atoms with Crippen molar-refractivity contribution in [1.82, 2.24) is 19.5 Å². The Kier molecular flexibility index (Phi) is 2.37. The average molecular weight is 280 g/mol. The van der Waals surface area contributed by atoms with Crippen LogP contribution >= 0.6 is 11.3 Å². The van der Waals surface area contributed by atoms with Gasteiger partial charge in [-0.15, -0.1) is 11.3 Å². The van der Waals surface area contributed by atoms with Gasteiger partial charge in [0.05, 0.1) is 15.7 Å². The van der Waals surface area contributed by atoms with Gasteiger partial charge in [0, 0.05) is 13.2 Å². The van der Waals surface area contributed by atoms with Gasteiger partial charge in [0.1, 0.15) is 0 Å². The van der Waals surface area contributed by atoms with Gasteiger partial charge in [0.25, 0.3) is 0 Å². The van der Waals surface area contributed by atoms with Gasteiger partial charge < -0.3 is 4.57 Å². The molecule has 0 saturated heterocycles. The van der Waals surface area contributed by atoms with Crippen LogP contribution in [0.25, 0.3) is 32.2 Å². The highest BCUT2D eigenvalue weighted by atomic mass is 32.1. The maximum absolute atomic E-state index is 4.69. The van der Waals surface area contributed by atoms with Gasteiger partial charge in [-0.25, -0.2) is 15.0 Å². The minimum Gasteiger partial charge on any atom is -0.324 e. The lowest BCUT2D eigenvalue weighted by Gasteiger charge is -1.96. The average Bonchev–Trinajstić information content (AvgIpc) is 3.00. The maximum Gasteiger partial charge on any atom is 0.178 e. The molecule has 0 amide bonds. The smallest absolute Gasteiger partial charge is 0.178 e. The fraction of sp³-hybridized carbons (Fsp3) is 0.133. The zero-order valence-electron chi connectivity index (χ0n) is 11.2. The molecule has 4 aromatic rings. The first kappa shape index (κ1) is 11.5. The van der Waals surface area contributed by atoms with Crippen molar-refractivity contribution < 1.29 is 0 Å². The van der Waals surface area contributed by atoms with Crippen LogP contribution in [0.4, 0.5) is 0 Å². The minimum atomic E-state index is 0.764. The number of hydrogen-bond donors (Lipinski definition) is 0. The lowest BCUT2D eigenvalue weighted by atomic mass is 10.2. The van der Waals surface area contributed by atoms with Gasteiger partial charge in [0.2, 0.25) is 0 Å². The van der Waals surface area contributed by atoms with Crippen LogP contribution in [0.5, 0.6) is 0 Å². The van der Waals surface area contributed by atoms with E-state index >= 15 is 0 Å². The van der Waals surface area contributed by atoms with Gasteiger partial charge in [-0.1, -0.05) is 6.07 Å². The molecule has 3 heterocycles. The molecule has 0 radical (unpaired) electrons. The van der Waals surface area contributed by atoms with Crippen LogP contribution in [0.2, 0.25) is 0 Å². The second kappa shape index (κ2) is 4.11. The number of hydrogen-bond acceptors (Lipinski definition) is 4. The topological polar surface area (TPSA) is 43.6 Å². The quantitative estimate of drug-likeness (QED) is 0.535. The third kappa shape index (κ3) is 1.63. The molecule has 3 aromatic heterocycles. The van der Waals surface area contributed by atoms with Crippen molar-refractivity contribution in [3.8, 4) is 10.8 Å². The van der Waals surface area contributed by atoms with Crippen LogP contribution in [-0.2, 0) is 7.05 Å². The van der Waals surface area contributed by atoms with Gasteiger partial charge in [-0.2, -0.15) is 0 Å². The molecule has 0 atom stereocenters. The number of imidazole rings is 1. The number of thiazole rings is 1. The van der Waals surface area contributed by atoms with Crippen molar-refractivity contribution in [2.24, 2.45) is 7.05 Å². The van der Waals surface area contributed by atoms with E-state index < -0.39 is 0 Å². The van der Waals surface area contributed by atoms with Crippen molar-refractivity contribution in [2.45, 2.75) is 6.92 Å². The Bertz CT molecular complexity index is 936. The second-order valence-corrected chi connectivity index (χ2v) is 5.86. The lowest BCUT2D eigenvalue weighted by molar-refractivity contribution is 0.957. The highest BCUT2D eigenvalue weighted by Crippen LogP contribution is 2.31. The predicted octanol–water partition coefficient (Wildman–Crippen LogP) is 3.55. The predicted molar refractivity (Wildman–Crippen MR) is 81.9 cm³/mol. The summed E-state index contributed by atoms with van der Waals surface area (Å²) in [6.45, 7) is 2.10. The van der Waals surface area contributed by atoms with Crippen LogP contribution in [-0.4, -0.2) is 19.5 Å². The van der Waals surface area contributed by atoms with Crippen LogP contribution in [0.1, 0.15) is 5.56 Å². The number of pyridine rings is 1. The lowest BCUT2D eigenvalue weighted by Crippen LogP contribution is -1.91. The highest BCUT2D eigenvalue weighted by Gasteiger charge is 2.14. The minimum absolute atomic E-state index is 0.764. The van der Waals surface area contributed by atoms with Crippen molar-refractivity contribution >= 4 is 32.7 Å². The SMILES string of the molecule is Cc1ccc2nc(-c3nc4ncccc4n3C)sc2c1. The van der Waals surface area contributed by atoms with E-state index in [-0.39, 0.29) is 0 Å². The first-order valence-electron chi connectivity index (χ1n) is 6.37. The normalized spacial score (nSPS) is 11.5. The summed E-state index contributed by atoms with van der Waals surface area (Å²) in [5, 5.41) is 0.936. The zero-order chi connectivity index (χ0) is 13.7. The molecule has 0 aliphatic heterocycles. The summed E-state index contributed by atoms with van der Waals surface area (Å²) in [6, 6.07) is 10.3. The third-order valence-corrected chi connectivity index (χ3v) is 4.41. The van der Waals surface area contributed by atoms with Crippen LogP contribution in [0, 0.1) is 6.92 Å². The molecule has 4 nitrogen and oxygen atoms in total. The van der Waals surface area contributed by atoms with Crippen LogP contribution in [0.15, 0.2) is 36.5 Å². The molecule has 0 bridgehead atoms. The van der Waals surface area contributed by atoms with E-state index in [9.17, 15) is 0 Å². The Hall–Kier alpha value is -2.27. The van der Waals surface area contributed by atoms with E-state index in [0.29, 0.717) is 0 Å². The molecule has 0 spiro atoms. The molecule has 98 valence electrons. The number of aryl methyl sites for hydroxylation is 2. The molecule has 4 rings (SSSR count). The maximum atomic E-state index is 4.69. The van der Waals surface area contributed by atoms with Crippen molar-refractivity contribution in [2.75, 3.05) is 0 Å². The molecule has 1 aromatic carbocycles. The number of benzene rings is 1. The largest absolute Gasteiger partial charge is 0.324 e. The van der Waals surface area contributed by atoms with Gasteiger partial charge >= 0.3 is 0 Å². The van der Waals surface area contributed by atoms with E-state index in [2.05, 4.69) is 40.1 Å². The molecule has 0 N–H and O–H groups in total. The van der Waals surface area contributed by atoms with E-state index in [1.807, 2.05) is 23.7 Å². The first-order chi connectivity index (χ1) is 9.72. The monoisotopic (exact) mass is 280 g/mol. The summed E-state index contributed by atoms with van der Waals surface area (Å²) >= 11 is 1.67. The highest BCUT2D eigenvalue weighted by molar-refractivity contribution is 7.21. The Morgan fingerprint density at radius 3 is 2.90 bits per heavy atom. The molecule has 0 fully saturated rings. The Balaban J connectivity index is 1.98. The summed E-state index contributed by atoms with van der Waals surface area (Å²) in [4.78, 5) is 13.6. The summed E-state index contributed by atoms with van der Waals surface area (Å²) in [7, 11) is 2.00. The number of rotatable bonds is 1. The molecule has 5 heteroatoms. The van der Waals surface area contributed by atoms with Gasteiger partial charge in [-0.3, -0.25) is 0 Å². The first-order valence-corrected chi connectivity index (χ1v) is 7.19. The van der Waals surface area contributed by atoms with Crippen LogP contribution < -0.4 is 0 Å². The number of aromatic nitrogens is 4. The van der Waals surface area contributed by atoms with Gasteiger partial charge in [-0.05, 0) is 36.8 Å². The van der Waals surface area contributed by atoms with E-state index in [1.54, 1.807) is 17.5 Å². The zero-order valence-corrected chi connectivity index (χ0v) is 12.0. The van der Waals surface area contributed by atoms with Crippen molar-refractivity contribution in [3.05, 3.63) is 42.1 Å². The number of fused-ring (bicyclic) bond motifs is 2. The third-order valence-electron chi connectivity index (χ3n) is 3.39. The Labute approximate surface area is 119 Å². The van der Waals surface area contributed by atoms with Crippen molar-refractivity contribution in [1.29, 1.82) is 0 Å². The summed E-state index contributed by atoms with van der Waals surface area (Å²) in [6.07, 6.45) is 1.76. The summed E-state index contributed by atoms with van der Waals surface area (Å²) in [5.74, 6) is 0.873. The summed E-state index contributed by atoms with van der Waals surface area (Å²) in [5.41, 5.74) is 4.06. The second-order valence-electron chi connectivity index (χ2n) is 4.83. The fourth-order valence-electron chi connectivity index (χ4n) is 2.34. The Morgan fingerprint density at radius 2 is 2.05 bits per heavy atom. The molecule has 0 aliphatic carbocycles. The molecule has 0 saturated carbocycles. The molecule has 20 heavy (non-hydrogen) atoms. The van der Waals surface area contributed by atoms with Gasteiger partial charge in [0.15, 0.2) is 16.5 Å². The van der Waals surface area contributed by atoms with E-state index in [4.69, 9.17) is 0 Å². The summed E-state index contributed by atoms with van der Waals surface area (Å²) < 4.78 is 3.24. The van der Waals surface area contributed by atoms with E-state index in [1.165, 1.54) is 10.3 Å². The molecular weight excluding hydrogens is 268 g/mol. The van der Waals surface area contributed by atoms with E-state index in [0.717, 1.165) is 27.5 Å². The molecule has 0 aliphatic rings. The number of nitrogens with zero attached hydrogens (tertiary/aromatic N) is 4. The molecule has 0 unspecified atom stereocenters. The molecular formula is C15H12N4S. The fourth-order valence-corrected chi connectivity index (χ4v) is 3.43. The standard InChI is InChI=1S/C15H12N4S/c1-9-5-6-10-12(8-9)20-15(17-10)14-18-13-11(19(14)2)4-3-7-16-13/h3-8H,1-2H3.